The lowest BCUT2D eigenvalue weighted by molar-refractivity contribution is -0.200. The van der Waals surface area contributed by atoms with Crippen molar-refractivity contribution in [1.29, 1.82) is 0 Å². The zero-order chi connectivity index (χ0) is 11.9. The minimum absolute atomic E-state index is 0.0160. The zero-order valence-electron chi connectivity index (χ0n) is 8.51. The maximum Gasteiger partial charge on any atom is 0.421 e. The molecule has 1 N–H and O–H groups in total. The van der Waals surface area contributed by atoms with Crippen molar-refractivity contribution >= 4 is 15.9 Å². The number of ether oxygens (including phenoxy) is 1. The molecule has 0 saturated heterocycles. The molecule has 1 aromatic rings. The van der Waals surface area contributed by atoms with Crippen LogP contribution < -0.4 is 4.74 Å². The van der Waals surface area contributed by atoms with Gasteiger partial charge in [0.15, 0.2) is 0 Å². The molecule has 0 fully saturated rings. The first-order valence-corrected chi connectivity index (χ1v) is 5.26. The Morgan fingerprint density at radius 3 is 2.13 bits per heavy atom. The number of aliphatic hydroxyl groups excluding tert-OH is 1. The largest absolute Gasteiger partial charge is 0.431 e. The second-order valence-corrected chi connectivity index (χ2v) is 3.27. The van der Waals surface area contributed by atoms with Crippen molar-refractivity contribution in [2.75, 3.05) is 6.61 Å². The highest BCUT2D eigenvalue weighted by Gasteiger charge is 2.30. The molecule has 1 aromatic carbocycles. The standard InChI is InChI=1S/C8H7BrF2O2.C2H6/c9-6-1-3-7(4-2-6)13-8(10,11)5-12;1-2/h1-4,12H,5H2;1-2H3. The maximum absolute atomic E-state index is 12.5. The average Bonchev–Trinajstić information content (AvgIpc) is 2.24. The van der Waals surface area contributed by atoms with Gasteiger partial charge in [-0.15, -0.1) is 0 Å². The van der Waals surface area contributed by atoms with Gasteiger partial charge in [0.05, 0.1) is 0 Å². The first-order chi connectivity index (χ1) is 7.03. The monoisotopic (exact) mass is 282 g/mol. The van der Waals surface area contributed by atoms with Crippen LogP contribution in [-0.2, 0) is 0 Å². The number of alkyl halides is 2. The number of hydrogen-bond donors (Lipinski definition) is 1. The highest BCUT2D eigenvalue weighted by molar-refractivity contribution is 9.10. The van der Waals surface area contributed by atoms with Gasteiger partial charge in [0, 0.05) is 4.47 Å². The number of rotatable bonds is 3. The van der Waals surface area contributed by atoms with Gasteiger partial charge in [-0.2, -0.15) is 8.78 Å². The van der Waals surface area contributed by atoms with Gasteiger partial charge < -0.3 is 9.84 Å². The summed E-state index contributed by atoms with van der Waals surface area (Å²) in [6, 6.07) is 5.91. The van der Waals surface area contributed by atoms with E-state index >= 15 is 0 Å². The van der Waals surface area contributed by atoms with Gasteiger partial charge in [-0.3, -0.25) is 0 Å². The second kappa shape index (κ2) is 6.74. The van der Waals surface area contributed by atoms with Gasteiger partial charge in [-0.1, -0.05) is 29.8 Å². The minimum Gasteiger partial charge on any atom is -0.431 e. The first kappa shape index (κ1) is 14.3. The fourth-order valence-electron chi connectivity index (χ4n) is 0.707. The van der Waals surface area contributed by atoms with Crippen molar-refractivity contribution in [3.63, 3.8) is 0 Å². The molecule has 0 amide bonds. The van der Waals surface area contributed by atoms with E-state index in [4.69, 9.17) is 5.11 Å². The van der Waals surface area contributed by atoms with E-state index in [1.54, 1.807) is 12.1 Å². The molecule has 0 radical (unpaired) electrons. The summed E-state index contributed by atoms with van der Waals surface area (Å²) in [5, 5.41) is 8.23. The molecular weight excluding hydrogens is 270 g/mol. The molecule has 5 heteroatoms. The third-order valence-corrected chi connectivity index (χ3v) is 1.79. The molecule has 0 atom stereocenters. The smallest absolute Gasteiger partial charge is 0.421 e. The van der Waals surface area contributed by atoms with Gasteiger partial charge >= 0.3 is 6.11 Å². The summed E-state index contributed by atoms with van der Waals surface area (Å²) < 4.78 is 29.9. The van der Waals surface area contributed by atoms with Crippen LogP contribution in [0.15, 0.2) is 28.7 Å². The van der Waals surface area contributed by atoms with E-state index in [-0.39, 0.29) is 5.75 Å². The Hall–Kier alpha value is -0.680. The zero-order valence-corrected chi connectivity index (χ0v) is 10.1. The summed E-state index contributed by atoms with van der Waals surface area (Å²) in [4.78, 5) is 0. The molecular formula is C10H13BrF2O2. The summed E-state index contributed by atoms with van der Waals surface area (Å²) in [5.74, 6) is 0.0160. The Balaban J connectivity index is 0.000000921. The predicted molar refractivity (Wildman–Crippen MR) is 58.2 cm³/mol. The van der Waals surface area contributed by atoms with Gasteiger partial charge in [0.1, 0.15) is 12.4 Å². The molecule has 0 aliphatic rings. The highest BCUT2D eigenvalue weighted by Crippen LogP contribution is 2.22. The van der Waals surface area contributed by atoms with Gasteiger partial charge in [-0.05, 0) is 24.3 Å². The lowest BCUT2D eigenvalue weighted by atomic mass is 10.3. The second-order valence-electron chi connectivity index (χ2n) is 2.35. The van der Waals surface area contributed by atoms with Crippen LogP contribution in [0.5, 0.6) is 5.75 Å². The summed E-state index contributed by atoms with van der Waals surface area (Å²) in [5.41, 5.74) is 0. The maximum atomic E-state index is 12.5. The van der Waals surface area contributed by atoms with Crippen LogP contribution in [0.3, 0.4) is 0 Å². The molecule has 86 valence electrons. The predicted octanol–water partition coefficient (Wildman–Crippen LogP) is 3.44. The normalized spacial score (nSPS) is 10.3. The Bertz CT molecular complexity index is 275. The van der Waals surface area contributed by atoms with E-state index in [9.17, 15) is 8.78 Å². The number of halogens is 3. The summed E-state index contributed by atoms with van der Waals surface area (Å²) in [6.07, 6.45) is -3.52. The van der Waals surface area contributed by atoms with E-state index in [0.29, 0.717) is 0 Å². The summed E-state index contributed by atoms with van der Waals surface area (Å²) in [7, 11) is 0. The number of hydrogen-bond acceptors (Lipinski definition) is 2. The Morgan fingerprint density at radius 2 is 1.73 bits per heavy atom. The lowest BCUT2D eigenvalue weighted by Crippen LogP contribution is -2.28. The van der Waals surface area contributed by atoms with Crippen molar-refractivity contribution in [2.24, 2.45) is 0 Å². The fraction of sp³-hybridized carbons (Fsp3) is 0.400. The number of aliphatic hydroxyl groups is 1. The van der Waals surface area contributed by atoms with Gasteiger partial charge in [-0.25, -0.2) is 0 Å². The number of benzene rings is 1. The SMILES string of the molecule is CC.OCC(F)(F)Oc1ccc(Br)cc1. The van der Waals surface area contributed by atoms with Crippen molar-refractivity contribution in [3.05, 3.63) is 28.7 Å². The van der Waals surface area contributed by atoms with Crippen LogP contribution in [0.4, 0.5) is 8.78 Å². The van der Waals surface area contributed by atoms with Crippen LogP contribution in [0.25, 0.3) is 0 Å². The molecule has 0 aliphatic heterocycles. The highest BCUT2D eigenvalue weighted by atomic mass is 79.9. The minimum atomic E-state index is -3.52. The Kier molecular flexibility index (Phi) is 6.43. The van der Waals surface area contributed by atoms with E-state index in [2.05, 4.69) is 20.7 Å². The van der Waals surface area contributed by atoms with E-state index < -0.39 is 12.7 Å². The molecule has 0 saturated carbocycles. The van der Waals surface area contributed by atoms with Crippen molar-refractivity contribution in [3.8, 4) is 5.75 Å². The average molecular weight is 283 g/mol. The first-order valence-electron chi connectivity index (χ1n) is 4.47. The molecule has 2 nitrogen and oxygen atoms in total. The van der Waals surface area contributed by atoms with Crippen LogP contribution in [0.1, 0.15) is 13.8 Å². The Morgan fingerprint density at radius 1 is 1.27 bits per heavy atom. The molecule has 0 spiro atoms. The third-order valence-electron chi connectivity index (χ3n) is 1.26. The van der Waals surface area contributed by atoms with E-state index in [1.807, 2.05) is 13.8 Å². The van der Waals surface area contributed by atoms with Crippen LogP contribution in [0.2, 0.25) is 0 Å². The fourth-order valence-corrected chi connectivity index (χ4v) is 0.972. The Labute approximate surface area is 96.0 Å². The van der Waals surface area contributed by atoms with Crippen LogP contribution in [0, 0.1) is 0 Å². The molecule has 0 heterocycles. The van der Waals surface area contributed by atoms with Gasteiger partial charge in [0.2, 0.25) is 0 Å². The van der Waals surface area contributed by atoms with Gasteiger partial charge in [0.25, 0.3) is 0 Å². The topological polar surface area (TPSA) is 29.5 Å². The van der Waals surface area contributed by atoms with E-state index in [1.165, 1.54) is 12.1 Å². The lowest BCUT2D eigenvalue weighted by Gasteiger charge is -2.14. The molecule has 0 bridgehead atoms. The summed E-state index contributed by atoms with van der Waals surface area (Å²) in [6.45, 7) is 2.67. The molecule has 0 unspecified atom stereocenters. The summed E-state index contributed by atoms with van der Waals surface area (Å²) >= 11 is 3.15. The van der Waals surface area contributed by atoms with Crippen molar-refractivity contribution < 1.29 is 18.6 Å². The third kappa shape index (κ3) is 5.69. The van der Waals surface area contributed by atoms with E-state index in [0.717, 1.165) is 4.47 Å². The molecule has 15 heavy (non-hydrogen) atoms. The van der Waals surface area contributed by atoms with Crippen LogP contribution >= 0.6 is 15.9 Å². The molecule has 0 aliphatic carbocycles. The van der Waals surface area contributed by atoms with Crippen LogP contribution in [-0.4, -0.2) is 17.8 Å². The van der Waals surface area contributed by atoms with Crippen molar-refractivity contribution in [1.82, 2.24) is 0 Å². The van der Waals surface area contributed by atoms with Crippen molar-refractivity contribution in [2.45, 2.75) is 20.0 Å². The molecule has 0 aromatic heterocycles. The quantitative estimate of drug-likeness (QED) is 0.920. The molecule has 1 rings (SSSR count).